The number of unbranched alkanes of at least 4 members (excludes halogenated alkanes) is 2. The number of rotatable bonds is 20. The molecule has 12 heteroatoms. The largest absolute Gasteiger partial charge is 0.490 e. The summed E-state index contributed by atoms with van der Waals surface area (Å²) in [7, 11) is 1.37. The summed E-state index contributed by atoms with van der Waals surface area (Å²) in [5.74, 6) is 0.536. The van der Waals surface area contributed by atoms with E-state index in [1.165, 1.54) is 7.11 Å². The molecule has 1 amide bonds. The molecule has 314 valence electrons. The van der Waals surface area contributed by atoms with Gasteiger partial charge in [0.25, 0.3) is 0 Å². The van der Waals surface area contributed by atoms with E-state index in [9.17, 15) is 15.0 Å². The van der Waals surface area contributed by atoms with Crippen molar-refractivity contribution in [2.45, 2.75) is 75.8 Å². The summed E-state index contributed by atoms with van der Waals surface area (Å²) in [5.41, 5.74) is 4.35. The number of ether oxygens (including phenoxy) is 6. The molecule has 0 aromatic heterocycles. The average Bonchev–Trinajstić information content (AvgIpc) is 3.74. The number of aliphatic hydroxyl groups excluding tert-OH is 2. The van der Waals surface area contributed by atoms with Gasteiger partial charge in [-0.15, -0.1) is 6.58 Å². The molecule has 3 aromatic carbocycles. The highest BCUT2D eigenvalue weighted by Crippen LogP contribution is 2.62. The van der Waals surface area contributed by atoms with Crippen LogP contribution in [-0.4, -0.2) is 79.1 Å². The van der Waals surface area contributed by atoms with Crippen LogP contribution < -0.4 is 18.9 Å². The number of oxime groups is 1. The van der Waals surface area contributed by atoms with Gasteiger partial charge in [0.05, 0.1) is 25.3 Å². The Morgan fingerprint density at radius 2 is 1.68 bits per heavy atom. The summed E-state index contributed by atoms with van der Waals surface area (Å²) in [5, 5.41) is 24.7. The van der Waals surface area contributed by atoms with Crippen LogP contribution in [0, 0.1) is 17.8 Å². The van der Waals surface area contributed by atoms with Crippen molar-refractivity contribution in [3.63, 3.8) is 0 Å². The van der Waals surface area contributed by atoms with E-state index < -0.39 is 23.8 Å². The quantitative estimate of drug-likeness (QED) is 0.0655. The van der Waals surface area contributed by atoms with Gasteiger partial charge in [0.1, 0.15) is 30.8 Å². The summed E-state index contributed by atoms with van der Waals surface area (Å²) >= 11 is 0. The molecule has 6 unspecified atom stereocenters. The summed E-state index contributed by atoms with van der Waals surface area (Å²) in [6, 6.07) is 20.6. The molecule has 7 rings (SSSR count). The lowest BCUT2D eigenvalue weighted by Gasteiger charge is -2.59. The minimum Gasteiger partial charge on any atom is -0.490 e. The second-order valence-corrected chi connectivity index (χ2v) is 15.4. The van der Waals surface area contributed by atoms with Crippen LogP contribution in [0.4, 0.5) is 4.79 Å². The fraction of sp³-hybridized carbons (Fsp3) is 0.447. The number of fused-ring (bicyclic) bond motifs is 3. The lowest BCUT2D eigenvalue weighted by atomic mass is 9.55. The van der Waals surface area contributed by atoms with Gasteiger partial charge >= 0.3 is 6.09 Å². The molecule has 2 heterocycles. The van der Waals surface area contributed by atoms with Gasteiger partial charge in [0.15, 0.2) is 11.5 Å². The second-order valence-electron chi connectivity index (χ2n) is 15.4. The van der Waals surface area contributed by atoms with Crippen LogP contribution in [0.2, 0.25) is 0 Å². The smallest absolute Gasteiger partial charge is 0.410 e. The molecule has 1 saturated carbocycles. The third-order valence-electron chi connectivity index (χ3n) is 11.8. The number of carbonyl (C=O) groups excluding carboxylic acids is 1. The minimum atomic E-state index is -1.45. The molecule has 59 heavy (non-hydrogen) atoms. The van der Waals surface area contributed by atoms with Crippen molar-refractivity contribution >= 4 is 11.8 Å². The molecule has 0 spiro atoms. The molecule has 6 atom stereocenters. The molecule has 2 N–H and O–H groups in total. The van der Waals surface area contributed by atoms with Crippen molar-refractivity contribution in [3.8, 4) is 23.0 Å². The van der Waals surface area contributed by atoms with Crippen LogP contribution in [0.5, 0.6) is 23.0 Å². The Balaban J connectivity index is 1.43. The number of aliphatic hydroxyl groups is 2. The summed E-state index contributed by atoms with van der Waals surface area (Å²) < 4.78 is 37.3. The first kappa shape index (κ1) is 41.8. The Kier molecular flexibility index (Phi) is 13.9. The SMILES string of the molecule is C=CCOc1ccc2c(c1)C1C(CCCCO)C(CCCCO)C=C3C(=NOCc4ccccc4)CC(N(Cc4ccc5c(c4)OCO5)C(=O)OC)C(OCC=C)(O2)C31. The molecule has 0 saturated heterocycles. The zero-order chi connectivity index (χ0) is 41.2. The first-order valence-corrected chi connectivity index (χ1v) is 20.7. The minimum absolute atomic E-state index is 0.0590. The van der Waals surface area contributed by atoms with E-state index in [1.807, 2.05) is 60.7 Å². The topological polar surface area (TPSA) is 138 Å². The summed E-state index contributed by atoms with van der Waals surface area (Å²) in [6.07, 6.45) is 9.99. The van der Waals surface area contributed by atoms with Gasteiger partial charge in [-0.3, -0.25) is 4.90 Å². The normalized spacial score (nSPS) is 24.2. The molecule has 2 aliphatic heterocycles. The van der Waals surface area contributed by atoms with Crippen LogP contribution in [0.3, 0.4) is 0 Å². The number of benzene rings is 3. The zero-order valence-electron chi connectivity index (χ0n) is 33.8. The van der Waals surface area contributed by atoms with Gasteiger partial charge < -0.3 is 43.5 Å². The van der Waals surface area contributed by atoms with Crippen molar-refractivity contribution < 1.29 is 48.3 Å². The van der Waals surface area contributed by atoms with E-state index in [4.69, 9.17) is 38.4 Å². The number of carbonyl (C=O) groups is 1. The fourth-order valence-electron chi connectivity index (χ4n) is 9.31. The number of methoxy groups -OCH3 is 1. The molecule has 12 nitrogen and oxygen atoms in total. The van der Waals surface area contributed by atoms with E-state index in [1.54, 1.807) is 17.1 Å². The molecule has 3 aromatic rings. The predicted octanol–water partition coefficient (Wildman–Crippen LogP) is 8.08. The first-order chi connectivity index (χ1) is 28.9. The Bertz CT molecular complexity index is 1980. The average molecular weight is 809 g/mol. The maximum Gasteiger partial charge on any atom is 0.410 e. The van der Waals surface area contributed by atoms with Crippen molar-refractivity contribution in [1.82, 2.24) is 4.90 Å². The zero-order valence-corrected chi connectivity index (χ0v) is 33.8. The lowest BCUT2D eigenvalue weighted by Crippen LogP contribution is -2.70. The highest BCUT2D eigenvalue weighted by molar-refractivity contribution is 6.03. The van der Waals surface area contributed by atoms with Crippen LogP contribution in [0.15, 0.2) is 109 Å². The molecule has 0 radical (unpaired) electrons. The Morgan fingerprint density at radius 3 is 2.44 bits per heavy atom. The molecular weight excluding hydrogens is 753 g/mol. The van der Waals surface area contributed by atoms with E-state index >= 15 is 0 Å². The van der Waals surface area contributed by atoms with Gasteiger partial charge in [-0.05, 0) is 84.6 Å². The summed E-state index contributed by atoms with van der Waals surface area (Å²) in [4.78, 5) is 22.1. The number of hydrogen-bond donors (Lipinski definition) is 2. The first-order valence-electron chi connectivity index (χ1n) is 20.7. The van der Waals surface area contributed by atoms with Crippen LogP contribution in [0.1, 0.15) is 67.6 Å². The van der Waals surface area contributed by atoms with Gasteiger partial charge in [0.2, 0.25) is 12.6 Å². The van der Waals surface area contributed by atoms with Gasteiger partial charge in [-0.25, -0.2) is 4.79 Å². The Morgan fingerprint density at radius 1 is 0.915 bits per heavy atom. The van der Waals surface area contributed by atoms with E-state index in [0.717, 1.165) is 47.9 Å². The van der Waals surface area contributed by atoms with Gasteiger partial charge in [0, 0.05) is 37.7 Å². The highest BCUT2D eigenvalue weighted by atomic mass is 16.7. The van der Waals surface area contributed by atoms with Crippen molar-refractivity contribution in [1.29, 1.82) is 0 Å². The van der Waals surface area contributed by atoms with E-state index in [0.29, 0.717) is 48.2 Å². The number of amides is 1. The van der Waals surface area contributed by atoms with Crippen molar-refractivity contribution in [2.75, 3.05) is 40.3 Å². The Hall–Kier alpha value is -5.30. The maximum absolute atomic E-state index is 14.3. The lowest BCUT2D eigenvalue weighted by molar-refractivity contribution is -0.256. The van der Waals surface area contributed by atoms with Crippen molar-refractivity contribution in [3.05, 3.63) is 120 Å². The monoisotopic (exact) mass is 808 g/mol. The second kappa shape index (κ2) is 19.6. The van der Waals surface area contributed by atoms with E-state index in [-0.39, 0.29) is 63.9 Å². The van der Waals surface area contributed by atoms with Crippen LogP contribution in [0.25, 0.3) is 0 Å². The van der Waals surface area contributed by atoms with E-state index in [2.05, 4.69) is 25.3 Å². The molecular formula is C47H56N2O10. The van der Waals surface area contributed by atoms with Crippen LogP contribution >= 0.6 is 0 Å². The van der Waals surface area contributed by atoms with Crippen molar-refractivity contribution in [2.24, 2.45) is 22.9 Å². The van der Waals surface area contributed by atoms with Crippen LogP contribution in [-0.2, 0) is 27.5 Å². The fourth-order valence-corrected chi connectivity index (χ4v) is 9.31. The number of nitrogens with zero attached hydrogens (tertiary/aromatic N) is 2. The molecule has 1 fully saturated rings. The van der Waals surface area contributed by atoms with Gasteiger partial charge in [-0.2, -0.15) is 0 Å². The standard InChI is InChI=1S/C47H56N2O10/c1-4-23-54-35-18-20-40-38(27-35)44-36(16-10-12-22-51)34(15-9-11-21-50)26-37-39(48-58-30-32-13-7-6-8-14-32)28-43(47(59-40,45(37)44)57-24-5-2)49(46(52)53-3)29-33-17-19-41-42(25-33)56-31-55-41/h4-8,13-14,17-20,25-27,34,36,43-45,50-51H,1-2,9-12,15-16,21-24,28-31H2,3H3. The predicted molar refractivity (Wildman–Crippen MR) is 222 cm³/mol. The third kappa shape index (κ3) is 9.00. The number of hydrogen-bond acceptors (Lipinski definition) is 11. The molecule has 2 aliphatic carbocycles. The maximum atomic E-state index is 14.3. The highest BCUT2D eigenvalue weighted by Gasteiger charge is 2.65. The third-order valence-corrected chi connectivity index (χ3v) is 11.8. The molecule has 0 bridgehead atoms. The van der Waals surface area contributed by atoms with Gasteiger partial charge in [-0.1, -0.05) is 79.2 Å². The summed E-state index contributed by atoms with van der Waals surface area (Å²) in [6.45, 7) is 9.04. The Labute approximate surface area is 346 Å². The molecule has 4 aliphatic rings. The number of allylic oxidation sites excluding steroid dienone is 1.